The van der Waals surface area contributed by atoms with Gasteiger partial charge in [-0.2, -0.15) is 0 Å². The summed E-state index contributed by atoms with van der Waals surface area (Å²) in [5.74, 6) is -0.434. The van der Waals surface area contributed by atoms with Crippen LogP contribution in [0.4, 0.5) is 0 Å². The van der Waals surface area contributed by atoms with Crippen LogP contribution >= 0.6 is 0 Å². The molecule has 1 aliphatic rings. The Labute approximate surface area is 95.0 Å². The Morgan fingerprint density at radius 3 is 2.69 bits per heavy atom. The molecule has 6 nitrogen and oxygen atoms in total. The minimum absolute atomic E-state index is 0.0966. The highest BCUT2D eigenvalue weighted by molar-refractivity contribution is 5.80. The van der Waals surface area contributed by atoms with Gasteiger partial charge in [0.25, 0.3) is 0 Å². The van der Waals surface area contributed by atoms with E-state index in [1.54, 1.807) is 0 Å². The number of nitrogens with two attached hydrogens (primary N) is 2. The van der Waals surface area contributed by atoms with Crippen molar-refractivity contribution in [2.45, 2.75) is 50.0 Å². The van der Waals surface area contributed by atoms with Crippen LogP contribution in [-0.2, 0) is 4.79 Å². The summed E-state index contributed by atoms with van der Waals surface area (Å²) in [6.07, 6.45) is 0.402. The predicted molar refractivity (Wildman–Crippen MR) is 59.4 cm³/mol. The number of carbonyl (C=O) groups excluding carboxylic acids is 1. The smallest absolute Gasteiger partial charge is 0.249 e. The molecule has 94 valence electrons. The predicted octanol–water partition coefficient (Wildman–Crippen LogP) is -1.95. The summed E-state index contributed by atoms with van der Waals surface area (Å²) in [5, 5.41) is 21.6. The Kier molecular flexibility index (Phi) is 5.14. The second-order valence-electron chi connectivity index (χ2n) is 4.42. The van der Waals surface area contributed by atoms with Crippen LogP contribution in [-0.4, -0.2) is 47.0 Å². The van der Waals surface area contributed by atoms with Crippen LogP contribution in [0.1, 0.15) is 25.7 Å². The summed E-state index contributed by atoms with van der Waals surface area (Å²) >= 11 is 0. The van der Waals surface area contributed by atoms with Crippen molar-refractivity contribution in [1.82, 2.24) is 5.32 Å². The van der Waals surface area contributed by atoms with Crippen molar-refractivity contribution >= 4 is 5.91 Å². The molecule has 4 unspecified atom stereocenters. The van der Waals surface area contributed by atoms with Crippen LogP contribution in [0.2, 0.25) is 0 Å². The molecule has 16 heavy (non-hydrogen) atoms. The molecule has 1 aliphatic carbocycles. The van der Waals surface area contributed by atoms with Crippen LogP contribution in [0.25, 0.3) is 0 Å². The molecule has 6 heteroatoms. The fourth-order valence-electron chi connectivity index (χ4n) is 2.04. The van der Waals surface area contributed by atoms with Crippen LogP contribution in [0.3, 0.4) is 0 Å². The fraction of sp³-hybridized carbons (Fsp3) is 0.900. The van der Waals surface area contributed by atoms with Crippen LogP contribution in [0.15, 0.2) is 0 Å². The monoisotopic (exact) mass is 231 g/mol. The molecule has 0 saturated heterocycles. The third-order valence-electron chi connectivity index (χ3n) is 2.81. The molecule has 0 radical (unpaired) electrons. The molecular weight excluding hydrogens is 210 g/mol. The number of aliphatic hydroxyl groups is 2. The molecule has 0 aromatic carbocycles. The zero-order valence-electron chi connectivity index (χ0n) is 9.30. The van der Waals surface area contributed by atoms with Gasteiger partial charge >= 0.3 is 0 Å². The Morgan fingerprint density at radius 2 is 2.12 bits per heavy atom. The fourth-order valence-corrected chi connectivity index (χ4v) is 2.04. The van der Waals surface area contributed by atoms with Crippen molar-refractivity contribution in [1.29, 1.82) is 0 Å². The second-order valence-corrected chi connectivity index (χ2v) is 4.42. The number of nitrogens with one attached hydrogen (secondary N) is 1. The molecule has 0 spiro atoms. The van der Waals surface area contributed by atoms with Gasteiger partial charge in [0, 0.05) is 12.1 Å². The average molecular weight is 231 g/mol. The average Bonchev–Trinajstić information content (AvgIpc) is 2.16. The minimum atomic E-state index is -1.07. The Balaban J connectivity index is 2.38. The second kappa shape index (κ2) is 6.15. The van der Waals surface area contributed by atoms with Gasteiger partial charge < -0.3 is 27.0 Å². The highest BCUT2D eigenvalue weighted by atomic mass is 16.3. The first-order valence-corrected chi connectivity index (χ1v) is 5.65. The van der Waals surface area contributed by atoms with Crippen LogP contribution in [0.5, 0.6) is 0 Å². The summed E-state index contributed by atoms with van der Waals surface area (Å²) < 4.78 is 0. The molecule has 0 heterocycles. The van der Waals surface area contributed by atoms with Gasteiger partial charge in [0.15, 0.2) is 0 Å². The van der Waals surface area contributed by atoms with E-state index in [0.29, 0.717) is 19.3 Å². The van der Waals surface area contributed by atoms with Crippen molar-refractivity contribution in [2.75, 3.05) is 6.54 Å². The quantitative estimate of drug-likeness (QED) is 0.385. The van der Waals surface area contributed by atoms with E-state index in [1.807, 2.05) is 0 Å². The van der Waals surface area contributed by atoms with E-state index in [4.69, 9.17) is 11.5 Å². The molecule has 4 atom stereocenters. The molecule has 1 fully saturated rings. The van der Waals surface area contributed by atoms with E-state index in [2.05, 4.69) is 5.32 Å². The lowest BCUT2D eigenvalue weighted by molar-refractivity contribution is -0.130. The SMILES string of the molecule is NCCC(O)C(=O)NC1CC(N)CC(O)C1. The van der Waals surface area contributed by atoms with Gasteiger partial charge in [-0.05, 0) is 32.2 Å². The molecular formula is C10H21N3O3. The van der Waals surface area contributed by atoms with Gasteiger partial charge in [-0.25, -0.2) is 0 Å². The van der Waals surface area contributed by atoms with E-state index < -0.39 is 18.1 Å². The third-order valence-corrected chi connectivity index (χ3v) is 2.81. The van der Waals surface area contributed by atoms with Crippen molar-refractivity contribution in [2.24, 2.45) is 11.5 Å². The van der Waals surface area contributed by atoms with Gasteiger partial charge in [-0.3, -0.25) is 4.79 Å². The first-order chi connectivity index (χ1) is 7.52. The zero-order valence-corrected chi connectivity index (χ0v) is 9.30. The standard InChI is InChI=1S/C10H21N3O3/c11-2-1-9(15)10(16)13-7-3-6(12)4-8(14)5-7/h6-9,14-15H,1-5,11-12H2,(H,13,16). The first-order valence-electron chi connectivity index (χ1n) is 5.65. The number of amides is 1. The molecule has 0 aliphatic heterocycles. The molecule has 1 rings (SSSR count). The van der Waals surface area contributed by atoms with Gasteiger partial charge in [-0.15, -0.1) is 0 Å². The molecule has 7 N–H and O–H groups in total. The summed E-state index contributed by atoms with van der Waals surface area (Å²) in [6, 6.07) is -0.251. The van der Waals surface area contributed by atoms with E-state index in [1.165, 1.54) is 0 Å². The van der Waals surface area contributed by atoms with Crippen molar-refractivity contribution < 1.29 is 15.0 Å². The molecule has 1 amide bonds. The van der Waals surface area contributed by atoms with Crippen molar-refractivity contribution in [3.05, 3.63) is 0 Å². The normalized spacial score (nSPS) is 32.1. The van der Waals surface area contributed by atoms with E-state index in [9.17, 15) is 15.0 Å². The lowest BCUT2D eigenvalue weighted by Crippen LogP contribution is -2.49. The van der Waals surface area contributed by atoms with Gasteiger partial charge in [-0.1, -0.05) is 0 Å². The molecule has 0 aromatic rings. The number of rotatable bonds is 4. The molecule has 0 aromatic heterocycles. The van der Waals surface area contributed by atoms with Crippen LogP contribution in [0, 0.1) is 0 Å². The van der Waals surface area contributed by atoms with Gasteiger partial charge in [0.2, 0.25) is 5.91 Å². The minimum Gasteiger partial charge on any atom is -0.393 e. The van der Waals surface area contributed by atoms with Gasteiger partial charge in [0.1, 0.15) is 6.10 Å². The Morgan fingerprint density at radius 1 is 1.44 bits per heavy atom. The van der Waals surface area contributed by atoms with Gasteiger partial charge in [0.05, 0.1) is 6.10 Å². The van der Waals surface area contributed by atoms with E-state index in [0.717, 1.165) is 0 Å². The molecule has 1 saturated carbocycles. The van der Waals surface area contributed by atoms with Crippen molar-refractivity contribution in [3.63, 3.8) is 0 Å². The highest BCUT2D eigenvalue weighted by Crippen LogP contribution is 2.17. The maximum absolute atomic E-state index is 11.5. The maximum Gasteiger partial charge on any atom is 0.249 e. The number of aliphatic hydroxyl groups excluding tert-OH is 2. The number of carbonyl (C=O) groups is 1. The summed E-state index contributed by atoms with van der Waals surface area (Å²) in [4.78, 5) is 11.5. The first kappa shape index (κ1) is 13.4. The maximum atomic E-state index is 11.5. The third kappa shape index (κ3) is 4.05. The topological polar surface area (TPSA) is 122 Å². The molecule has 0 bridgehead atoms. The summed E-state index contributed by atoms with van der Waals surface area (Å²) in [5.41, 5.74) is 11.0. The Bertz CT molecular complexity index is 227. The van der Waals surface area contributed by atoms with E-state index >= 15 is 0 Å². The largest absolute Gasteiger partial charge is 0.393 e. The van der Waals surface area contributed by atoms with Crippen LogP contribution < -0.4 is 16.8 Å². The lowest BCUT2D eigenvalue weighted by Gasteiger charge is -2.31. The van der Waals surface area contributed by atoms with Crippen molar-refractivity contribution in [3.8, 4) is 0 Å². The summed E-state index contributed by atoms with van der Waals surface area (Å²) in [6.45, 7) is 0.265. The zero-order chi connectivity index (χ0) is 12.1. The number of hydrogen-bond acceptors (Lipinski definition) is 5. The Hall–Kier alpha value is -0.690. The number of hydrogen-bond donors (Lipinski definition) is 5. The summed E-state index contributed by atoms with van der Waals surface area (Å²) in [7, 11) is 0. The van der Waals surface area contributed by atoms with E-state index in [-0.39, 0.29) is 25.0 Å². The highest BCUT2D eigenvalue weighted by Gasteiger charge is 2.27. The lowest BCUT2D eigenvalue weighted by atomic mass is 9.89.